The number of amides is 2. The van der Waals surface area contributed by atoms with Crippen LogP contribution in [0.5, 0.6) is 0 Å². The second-order valence-electron chi connectivity index (χ2n) is 7.26. The third kappa shape index (κ3) is 4.62. The summed E-state index contributed by atoms with van der Waals surface area (Å²) in [5.41, 5.74) is 3.64. The molecular formula is C22H24N4O2S. The second-order valence-corrected chi connectivity index (χ2v) is 8.21. The molecule has 1 saturated heterocycles. The molecule has 0 bridgehead atoms. The van der Waals surface area contributed by atoms with Gasteiger partial charge in [-0.2, -0.15) is 0 Å². The molecule has 2 aromatic carbocycles. The third-order valence-corrected chi connectivity index (χ3v) is 5.98. The van der Waals surface area contributed by atoms with Crippen molar-refractivity contribution in [2.24, 2.45) is 0 Å². The molecule has 1 fully saturated rings. The number of fused-ring (bicyclic) bond motifs is 1. The second kappa shape index (κ2) is 8.69. The summed E-state index contributed by atoms with van der Waals surface area (Å²) in [5, 5.41) is 3.61. The molecule has 150 valence electrons. The number of nitrogens with zero attached hydrogens (tertiary/aromatic N) is 3. The Hall–Kier alpha value is -2.80. The van der Waals surface area contributed by atoms with Gasteiger partial charge in [0.15, 0.2) is 5.16 Å². The van der Waals surface area contributed by atoms with Crippen molar-refractivity contribution >= 4 is 40.3 Å². The molecule has 0 saturated carbocycles. The molecule has 2 amide bonds. The maximum Gasteiger partial charge on any atom is 0.242 e. The lowest BCUT2D eigenvalue weighted by molar-refractivity contribution is -0.130. The number of hydrogen-bond donors (Lipinski definition) is 1. The van der Waals surface area contributed by atoms with Gasteiger partial charge in [0.2, 0.25) is 11.8 Å². The van der Waals surface area contributed by atoms with Crippen molar-refractivity contribution in [3.8, 4) is 0 Å². The number of rotatable bonds is 6. The van der Waals surface area contributed by atoms with Gasteiger partial charge >= 0.3 is 0 Å². The average molecular weight is 409 g/mol. The predicted octanol–water partition coefficient (Wildman–Crippen LogP) is 3.70. The summed E-state index contributed by atoms with van der Waals surface area (Å²) in [6.07, 6.45) is 2.13. The highest BCUT2D eigenvalue weighted by Gasteiger charge is 2.21. The van der Waals surface area contributed by atoms with Crippen LogP contribution in [0.1, 0.15) is 18.4 Å². The zero-order valence-electron chi connectivity index (χ0n) is 16.4. The number of anilines is 1. The Morgan fingerprint density at radius 1 is 1.10 bits per heavy atom. The Bertz CT molecular complexity index is 1040. The number of aryl methyl sites for hydroxylation is 1. The first-order chi connectivity index (χ1) is 14.1. The van der Waals surface area contributed by atoms with Crippen molar-refractivity contribution in [3.63, 3.8) is 0 Å². The molecule has 3 aromatic rings. The highest BCUT2D eigenvalue weighted by molar-refractivity contribution is 7.99. The van der Waals surface area contributed by atoms with E-state index in [0.29, 0.717) is 5.16 Å². The molecule has 1 aliphatic heterocycles. The van der Waals surface area contributed by atoms with E-state index in [1.165, 1.54) is 11.8 Å². The van der Waals surface area contributed by atoms with Crippen LogP contribution in [0.2, 0.25) is 0 Å². The van der Waals surface area contributed by atoms with E-state index in [9.17, 15) is 9.59 Å². The van der Waals surface area contributed by atoms with E-state index in [0.717, 1.165) is 48.2 Å². The minimum Gasteiger partial charge on any atom is -0.341 e. The lowest BCUT2D eigenvalue weighted by atomic mass is 10.2. The fourth-order valence-electron chi connectivity index (χ4n) is 3.57. The number of aromatic nitrogens is 2. The zero-order valence-corrected chi connectivity index (χ0v) is 17.2. The summed E-state index contributed by atoms with van der Waals surface area (Å²) >= 11 is 1.36. The van der Waals surface area contributed by atoms with Crippen molar-refractivity contribution < 1.29 is 9.59 Å². The van der Waals surface area contributed by atoms with Gasteiger partial charge in [0.05, 0.1) is 16.8 Å². The fraction of sp³-hybridized carbons (Fsp3) is 0.318. The molecule has 29 heavy (non-hydrogen) atoms. The molecule has 0 radical (unpaired) electrons. The molecule has 0 atom stereocenters. The van der Waals surface area contributed by atoms with Crippen LogP contribution in [0.3, 0.4) is 0 Å². The quantitative estimate of drug-likeness (QED) is 0.632. The largest absolute Gasteiger partial charge is 0.341 e. The van der Waals surface area contributed by atoms with E-state index in [-0.39, 0.29) is 24.1 Å². The van der Waals surface area contributed by atoms with E-state index in [1.807, 2.05) is 64.9 Å². The van der Waals surface area contributed by atoms with E-state index >= 15 is 0 Å². The number of carbonyl (C=O) groups excluding carboxylic acids is 2. The van der Waals surface area contributed by atoms with Crippen LogP contribution in [-0.2, 0) is 16.1 Å². The van der Waals surface area contributed by atoms with Crippen LogP contribution in [0.25, 0.3) is 11.0 Å². The molecule has 2 heterocycles. The Morgan fingerprint density at radius 2 is 1.90 bits per heavy atom. The lowest BCUT2D eigenvalue weighted by Gasteiger charge is -2.17. The van der Waals surface area contributed by atoms with Crippen molar-refractivity contribution in [2.45, 2.75) is 31.5 Å². The maximum atomic E-state index is 12.7. The zero-order chi connectivity index (χ0) is 20.2. The van der Waals surface area contributed by atoms with Gasteiger partial charge in [0.1, 0.15) is 6.54 Å². The van der Waals surface area contributed by atoms with Crippen LogP contribution in [0, 0.1) is 6.92 Å². The van der Waals surface area contributed by atoms with Gasteiger partial charge in [0, 0.05) is 18.8 Å². The molecule has 7 heteroatoms. The number of para-hydroxylation sites is 2. The molecule has 0 spiro atoms. The van der Waals surface area contributed by atoms with E-state index in [4.69, 9.17) is 0 Å². The predicted molar refractivity (Wildman–Crippen MR) is 116 cm³/mol. The minimum absolute atomic E-state index is 0.0925. The Morgan fingerprint density at radius 3 is 2.69 bits per heavy atom. The number of thioether (sulfide) groups is 1. The molecule has 6 nitrogen and oxygen atoms in total. The average Bonchev–Trinajstić information content (AvgIpc) is 3.35. The Labute approximate surface area is 174 Å². The number of benzene rings is 2. The molecule has 1 aromatic heterocycles. The Balaban J connectivity index is 1.48. The van der Waals surface area contributed by atoms with Gasteiger partial charge < -0.3 is 14.8 Å². The Kier molecular flexibility index (Phi) is 5.85. The van der Waals surface area contributed by atoms with Crippen LogP contribution >= 0.6 is 11.8 Å². The normalized spacial score (nSPS) is 13.8. The van der Waals surface area contributed by atoms with Gasteiger partial charge in [-0.05, 0) is 49.6 Å². The summed E-state index contributed by atoms with van der Waals surface area (Å²) in [7, 11) is 0. The summed E-state index contributed by atoms with van der Waals surface area (Å²) in [6.45, 7) is 3.90. The first-order valence-corrected chi connectivity index (χ1v) is 10.8. The monoisotopic (exact) mass is 408 g/mol. The first kappa shape index (κ1) is 19.5. The van der Waals surface area contributed by atoms with E-state index in [2.05, 4.69) is 10.3 Å². The summed E-state index contributed by atoms with van der Waals surface area (Å²) in [4.78, 5) is 31.7. The molecule has 4 rings (SSSR count). The van der Waals surface area contributed by atoms with Gasteiger partial charge in [-0.1, -0.05) is 36.0 Å². The number of imidazole rings is 1. The van der Waals surface area contributed by atoms with Gasteiger partial charge in [-0.25, -0.2) is 4.98 Å². The number of hydrogen-bond acceptors (Lipinski definition) is 4. The first-order valence-electron chi connectivity index (χ1n) is 9.82. The topological polar surface area (TPSA) is 67.2 Å². The third-order valence-electron chi connectivity index (χ3n) is 5.01. The SMILES string of the molecule is Cc1cccc(NC(=O)CSc2nc3ccccc3n2CC(=O)N2CCCC2)c1. The van der Waals surface area contributed by atoms with Crippen molar-refractivity contribution in [3.05, 3.63) is 54.1 Å². The summed E-state index contributed by atoms with van der Waals surface area (Å²) in [5.74, 6) is 0.247. The number of carbonyl (C=O) groups is 2. The maximum absolute atomic E-state index is 12.7. The smallest absolute Gasteiger partial charge is 0.242 e. The van der Waals surface area contributed by atoms with Crippen LogP contribution in [0.15, 0.2) is 53.7 Å². The standard InChI is InChI=1S/C22H24N4O2S/c1-16-7-6-8-17(13-16)23-20(27)15-29-22-24-18-9-2-3-10-19(18)26(22)14-21(28)25-11-4-5-12-25/h2-3,6-10,13H,4-5,11-12,14-15H2,1H3,(H,23,27). The minimum atomic E-state index is -0.0925. The number of nitrogens with one attached hydrogen (secondary N) is 1. The molecule has 0 unspecified atom stereocenters. The molecule has 1 N–H and O–H groups in total. The molecular weight excluding hydrogens is 384 g/mol. The molecule has 1 aliphatic rings. The van der Waals surface area contributed by atoms with Crippen LogP contribution in [-0.4, -0.2) is 45.1 Å². The molecule has 0 aliphatic carbocycles. The van der Waals surface area contributed by atoms with Crippen LogP contribution < -0.4 is 5.32 Å². The summed E-state index contributed by atoms with van der Waals surface area (Å²) in [6, 6.07) is 15.5. The van der Waals surface area contributed by atoms with Gasteiger partial charge in [-0.3, -0.25) is 9.59 Å². The lowest BCUT2D eigenvalue weighted by Crippen LogP contribution is -2.31. The van der Waals surface area contributed by atoms with Gasteiger partial charge in [0.25, 0.3) is 0 Å². The van der Waals surface area contributed by atoms with Gasteiger partial charge in [-0.15, -0.1) is 0 Å². The van der Waals surface area contributed by atoms with E-state index < -0.39 is 0 Å². The van der Waals surface area contributed by atoms with Crippen LogP contribution in [0.4, 0.5) is 5.69 Å². The number of likely N-dealkylation sites (tertiary alicyclic amines) is 1. The highest BCUT2D eigenvalue weighted by atomic mass is 32.2. The fourth-order valence-corrected chi connectivity index (χ4v) is 4.38. The van der Waals surface area contributed by atoms with Crippen molar-refractivity contribution in [2.75, 3.05) is 24.2 Å². The van der Waals surface area contributed by atoms with Crippen molar-refractivity contribution in [1.29, 1.82) is 0 Å². The summed E-state index contributed by atoms with van der Waals surface area (Å²) < 4.78 is 1.93. The highest BCUT2D eigenvalue weighted by Crippen LogP contribution is 2.25. The van der Waals surface area contributed by atoms with Crippen molar-refractivity contribution in [1.82, 2.24) is 14.5 Å². The van der Waals surface area contributed by atoms with E-state index in [1.54, 1.807) is 0 Å².